The van der Waals surface area contributed by atoms with Gasteiger partial charge in [0, 0.05) is 30.2 Å². The largest absolute Gasteiger partial charge is 0.352 e. The Morgan fingerprint density at radius 3 is 2.62 bits per heavy atom. The van der Waals surface area contributed by atoms with Gasteiger partial charge in [0.2, 0.25) is 10.0 Å². The van der Waals surface area contributed by atoms with Crippen molar-refractivity contribution in [1.29, 1.82) is 0 Å². The second-order valence-corrected chi connectivity index (χ2v) is 8.07. The minimum absolute atomic E-state index is 0.0912. The Kier molecular flexibility index (Phi) is 6.83. The molecule has 0 saturated carbocycles. The summed E-state index contributed by atoms with van der Waals surface area (Å²) >= 11 is 3.36. The number of halogens is 1. The second kappa shape index (κ2) is 7.91. The van der Waals surface area contributed by atoms with Crippen molar-refractivity contribution >= 4 is 31.9 Å². The smallest absolute Gasteiger partial charge is 0.251 e. The van der Waals surface area contributed by atoms with Gasteiger partial charge in [-0.05, 0) is 44.0 Å². The lowest BCUT2D eigenvalue weighted by molar-refractivity contribution is 0.0952. The molecule has 21 heavy (non-hydrogen) atoms. The van der Waals surface area contributed by atoms with Gasteiger partial charge in [0.1, 0.15) is 0 Å². The molecule has 1 amide bonds. The first-order valence-electron chi connectivity index (χ1n) is 6.76. The number of carbonyl (C=O) groups is 1. The van der Waals surface area contributed by atoms with Gasteiger partial charge in [0.25, 0.3) is 5.91 Å². The number of hydrogen-bond acceptors (Lipinski definition) is 3. The van der Waals surface area contributed by atoms with Crippen LogP contribution in [-0.4, -0.2) is 44.5 Å². The second-order valence-electron chi connectivity index (χ2n) is 4.79. The summed E-state index contributed by atoms with van der Waals surface area (Å²) < 4.78 is 25.4. The average molecular weight is 377 g/mol. The molecule has 0 fully saturated rings. The first-order valence-corrected chi connectivity index (χ1v) is 9.16. The van der Waals surface area contributed by atoms with Gasteiger partial charge in [-0.1, -0.05) is 15.9 Å². The summed E-state index contributed by atoms with van der Waals surface area (Å²) in [6, 6.07) is 5.47. The SMILES string of the molecule is CCS(=O)(=O)N(C)CCCNC(=O)c1ccc(Br)cc1C. The van der Waals surface area contributed by atoms with E-state index in [-0.39, 0.29) is 11.7 Å². The summed E-state index contributed by atoms with van der Waals surface area (Å²) in [5.41, 5.74) is 1.53. The van der Waals surface area contributed by atoms with Gasteiger partial charge in [-0.15, -0.1) is 0 Å². The molecule has 7 heteroatoms. The standard InChI is InChI=1S/C14H21BrN2O3S/c1-4-21(19,20)17(3)9-5-8-16-14(18)13-7-6-12(15)10-11(13)2/h6-7,10H,4-5,8-9H2,1-3H3,(H,16,18). The lowest BCUT2D eigenvalue weighted by Gasteiger charge is -2.16. The summed E-state index contributed by atoms with van der Waals surface area (Å²) in [5, 5.41) is 2.81. The normalized spacial score (nSPS) is 11.7. The predicted octanol–water partition coefficient (Wildman–Crippen LogP) is 2.16. The summed E-state index contributed by atoms with van der Waals surface area (Å²) in [6.45, 7) is 4.33. The third-order valence-electron chi connectivity index (χ3n) is 3.21. The van der Waals surface area contributed by atoms with E-state index < -0.39 is 10.0 Å². The molecule has 0 heterocycles. The number of amides is 1. The van der Waals surface area contributed by atoms with E-state index in [2.05, 4.69) is 21.2 Å². The molecule has 0 atom stereocenters. The van der Waals surface area contributed by atoms with E-state index in [1.54, 1.807) is 20.0 Å². The molecule has 0 saturated heterocycles. The Balaban J connectivity index is 2.44. The van der Waals surface area contributed by atoms with Crippen molar-refractivity contribution in [3.8, 4) is 0 Å². The Hall–Kier alpha value is -0.920. The van der Waals surface area contributed by atoms with Gasteiger partial charge in [0.15, 0.2) is 0 Å². The highest BCUT2D eigenvalue weighted by atomic mass is 79.9. The lowest BCUT2D eigenvalue weighted by Crippen LogP contribution is -2.32. The summed E-state index contributed by atoms with van der Waals surface area (Å²) in [7, 11) is -1.59. The summed E-state index contributed by atoms with van der Waals surface area (Å²) in [5.74, 6) is -0.0467. The van der Waals surface area contributed by atoms with Crippen LogP contribution in [0.25, 0.3) is 0 Å². The van der Waals surface area contributed by atoms with Crippen molar-refractivity contribution in [3.63, 3.8) is 0 Å². The third kappa shape index (κ3) is 5.41. The zero-order valence-corrected chi connectivity index (χ0v) is 14.9. The molecule has 0 unspecified atom stereocenters. The minimum atomic E-state index is -3.15. The number of carbonyl (C=O) groups excluding carboxylic acids is 1. The summed E-state index contributed by atoms with van der Waals surface area (Å²) in [4.78, 5) is 12.0. The van der Waals surface area contributed by atoms with Crippen LogP contribution in [0, 0.1) is 6.92 Å². The number of nitrogens with zero attached hydrogens (tertiary/aromatic N) is 1. The number of rotatable bonds is 7. The van der Waals surface area contributed by atoms with Crippen LogP contribution in [-0.2, 0) is 10.0 Å². The first-order chi connectivity index (χ1) is 9.77. The third-order valence-corrected chi connectivity index (χ3v) is 5.56. The molecule has 0 aliphatic carbocycles. The van der Waals surface area contributed by atoms with E-state index in [0.717, 1.165) is 10.0 Å². The maximum absolute atomic E-state index is 12.0. The van der Waals surface area contributed by atoms with Crippen LogP contribution in [0.15, 0.2) is 22.7 Å². The zero-order valence-electron chi connectivity index (χ0n) is 12.5. The topological polar surface area (TPSA) is 66.5 Å². The molecule has 1 N–H and O–H groups in total. The highest BCUT2D eigenvalue weighted by Crippen LogP contribution is 2.15. The van der Waals surface area contributed by atoms with Gasteiger partial charge in [-0.25, -0.2) is 12.7 Å². The number of nitrogens with one attached hydrogen (secondary N) is 1. The van der Waals surface area contributed by atoms with Crippen molar-refractivity contribution in [2.45, 2.75) is 20.3 Å². The summed E-state index contributed by atoms with van der Waals surface area (Å²) in [6.07, 6.45) is 0.580. The fourth-order valence-corrected chi connectivity index (χ4v) is 3.16. The van der Waals surface area contributed by atoms with E-state index in [1.807, 2.05) is 19.1 Å². The molecule has 5 nitrogen and oxygen atoms in total. The molecule has 1 rings (SSSR count). The molecule has 0 aliphatic heterocycles. The number of aryl methyl sites for hydroxylation is 1. The van der Waals surface area contributed by atoms with Crippen LogP contribution in [0.5, 0.6) is 0 Å². The monoisotopic (exact) mass is 376 g/mol. The quantitative estimate of drug-likeness (QED) is 0.741. The molecule has 0 aromatic heterocycles. The number of hydrogen-bond donors (Lipinski definition) is 1. The number of benzene rings is 1. The van der Waals surface area contributed by atoms with Crippen molar-refractivity contribution in [2.75, 3.05) is 25.9 Å². The molecule has 0 aliphatic rings. The van der Waals surface area contributed by atoms with E-state index >= 15 is 0 Å². The highest BCUT2D eigenvalue weighted by molar-refractivity contribution is 9.10. The van der Waals surface area contributed by atoms with Gasteiger partial charge >= 0.3 is 0 Å². The lowest BCUT2D eigenvalue weighted by atomic mass is 10.1. The van der Waals surface area contributed by atoms with Crippen LogP contribution in [0.2, 0.25) is 0 Å². The molecule has 0 bridgehead atoms. The average Bonchev–Trinajstić information content (AvgIpc) is 2.42. The van der Waals surface area contributed by atoms with Crippen molar-refractivity contribution < 1.29 is 13.2 Å². The van der Waals surface area contributed by atoms with Crippen LogP contribution in [0.3, 0.4) is 0 Å². The van der Waals surface area contributed by atoms with Gasteiger partial charge in [0.05, 0.1) is 5.75 Å². The maximum atomic E-state index is 12.0. The van der Waals surface area contributed by atoms with Gasteiger partial charge < -0.3 is 5.32 Å². The Morgan fingerprint density at radius 1 is 1.38 bits per heavy atom. The minimum Gasteiger partial charge on any atom is -0.352 e. The van der Waals surface area contributed by atoms with Crippen molar-refractivity contribution in [3.05, 3.63) is 33.8 Å². The maximum Gasteiger partial charge on any atom is 0.251 e. The van der Waals surface area contributed by atoms with Crippen LogP contribution in [0.1, 0.15) is 29.3 Å². The molecule has 118 valence electrons. The van der Waals surface area contributed by atoms with Crippen LogP contribution < -0.4 is 5.32 Å². The van der Waals surface area contributed by atoms with E-state index in [9.17, 15) is 13.2 Å². The Bertz CT molecular complexity index is 602. The molecular formula is C14H21BrN2O3S. The van der Waals surface area contributed by atoms with Gasteiger partial charge in [-0.2, -0.15) is 0 Å². The fourth-order valence-electron chi connectivity index (χ4n) is 1.84. The number of sulfonamides is 1. The van der Waals surface area contributed by atoms with E-state index in [1.165, 1.54) is 4.31 Å². The Labute approximate surface area is 134 Å². The van der Waals surface area contributed by atoms with E-state index in [4.69, 9.17) is 0 Å². The molecule has 1 aromatic rings. The van der Waals surface area contributed by atoms with Crippen LogP contribution >= 0.6 is 15.9 Å². The van der Waals surface area contributed by atoms with Crippen molar-refractivity contribution in [2.24, 2.45) is 0 Å². The van der Waals surface area contributed by atoms with Crippen molar-refractivity contribution in [1.82, 2.24) is 9.62 Å². The highest BCUT2D eigenvalue weighted by Gasteiger charge is 2.14. The van der Waals surface area contributed by atoms with Gasteiger partial charge in [-0.3, -0.25) is 4.79 Å². The zero-order chi connectivity index (χ0) is 16.0. The van der Waals surface area contributed by atoms with E-state index in [0.29, 0.717) is 25.1 Å². The molecule has 0 radical (unpaired) electrons. The molecular weight excluding hydrogens is 356 g/mol. The molecule has 1 aromatic carbocycles. The predicted molar refractivity (Wildman–Crippen MR) is 87.9 cm³/mol. The first kappa shape index (κ1) is 18.1. The fraction of sp³-hybridized carbons (Fsp3) is 0.500. The van der Waals surface area contributed by atoms with Crippen LogP contribution in [0.4, 0.5) is 0 Å². The molecule has 0 spiro atoms. The Morgan fingerprint density at radius 2 is 2.05 bits per heavy atom.